The number of hydrogen-bond donors (Lipinski definition) is 0. The molecule has 0 saturated heterocycles. The number of para-hydroxylation sites is 1. The number of benzene rings is 2. The molecule has 1 aliphatic heterocycles. The van der Waals surface area contributed by atoms with Crippen LogP contribution in [-0.2, 0) is 13.0 Å². The average Bonchev–Trinajstić information content (AvgIpc) is 3.04. The van der Waals surface area contributed by atoms with Crippen LogP contribution in [0.5, 0.6) is 0 Å². The number of hydrogen-bond acceptors (Lipinski definition) is 3. The first kappa shape index (κ1) is 17.3. The van der Waals surface area contributed by atoms with E-state index in [1.54, 1.807) is 6.20 Å². The number of nitrogens with zero attached hydrogens (tertiary/aromatic N) is 3. The number of pyridine rings is 1. The van der Waals surface area contributed by atoms with Gasteiger partial charge in [-0.2, -0.15) is 0 Å². The standard InChI is InChI=1S/C23H23N3O/c1-17-14-19-10-6-7-11-22(19)26(17)23(27)21-15-20(12-13-24-21)25(2)16-18-8-4-3-5-9-18/h3-13,15,17H,14,16H2,1-2H3. The summed E-state index contributed by atoms with van der Waals surface area (Å²) in [6.45, 7) is 2.87. The summed E-state index contributed by atoms with van der Waals surface area (Å²) in [5, 5.41) is 0. The van der Waals surface area contributed by atoms with Crippen LogP contribution in [0.2, 0.25) is 0 Å². The highest BCUT2D eigenvalue weighted by molar-refractivity contribution is 6.07. The van der Waals surface area contributed by atoms with Crippen molar-refractivity contribution in [1.82, 2.24) is 4.98 Å². The molecule has 0 spiro atoms. The molecule has 4 heteroatoms. The van der Waals surface area contributed by atoms with E-state index in [0.717, 1.165) is 24.3 Å². The molecule has 0 saturated carbocycles. The average molecular weight is 357 g/mol. The Morgan fingerprint density at radius 3 is 2.67 bits per heavy atom. The molecule has 4 rings (SSSR count). The maximum Gasteiger partial charge on any atom is 0.277 e. The van der Waals surface area contributed by atoms with Crippen LogP contribution in [0.25, 0.3) is 0 Å². The van der Waals surface area contributed by atoms with E-state index in [1.165, 1.54) is 11.1 Å². The van der Waals surface area contributed by atoms with Gasteiger partial charge in [0.05, 0.1) is 0 Å². The molecule has 1 atom stereocenters. The van der Waals surface area contributed by atoms with Crippen molar-refractivity contribution in [3.8, 4) is 0 Å². The molecule has 3 aromatic rings. The van der Waals surface area contributed by atoms with Gasteiger partial charge in [0.1, 0.15) is 5.69 Å². The zero-order valence-corrected chi connectivity index (χ0v) is 15.7. The smallest absolute Gasteiger partial charge is 0.277 e. The molecule has 136 valence electrons. The number of aromatic nitrogens is 1. The van der Waals surface area contributed by atoms with E-state index in [-0.39, 0.29) is 11.9 Å². The molecular weight excluding hydrogens is 334 g/mol. The van der Waals surface area contributed by atoms with Crippen LogP contribution in [0.4, 0.5) is 11.4 Å². The first-order chi connectivity index (χ1) is 13.1. The van der Waals surface area contributed by atoms with Crippen molar-refractivity contribution in [3.05, 3.63) is 89.7 Å². The van der Waals surface area contributed by atoms with E-state index in [4.69, 9.17) is 0 Å². The lowest BCUT2D eigenvalue weighted by atomic mass is 10.1. The lowest BCUT2D eigenvalue weighted by molar-refractivity contribution is 0.0976. The van der Waals surface area contributed by atoms with E-state index in [1.807, 2.05) is 60.5 Å². The molecular formula is C23H23N3O. The van der Waals surface area contributed by atoms with Crippen molar-refractivity contribution in [3.63, 3.8) is 0 Å². The van der Waals surface area contributed by atoms with Crippen molar-refractivity contribution < 1.29 is 4.79 Å². The summed E-state index contributed by atoms with van der Waals surface area (Å²) in [5.41, 5.74) is 4.91. The van der Waals surface area contributed by atoms with Gasteiger partial charge in [0.25, 0.3) is 5.91 Å². The minimum Gasteiger partial charge on any atom is -0.370 e. The Bertz CT molecular complexity index is 955. The summed E-state index contributed by atoms with van der Waals surface area (Å²) < 4.78 is 0. The van der Waals surface area contributed by atoms with Gasteiger partial charge < -0.3 is 9.80 Å². The van der Waals surface area contributed by atoms with E-state index < -0.39 is 0 Å². The third-order valence-electron chi connectivity index (χ3n) is 5.09. The number of amides is 1. The minimum atomic E-state index is -0.0394. The molecule has 1 aromatic heterocycles. The SMILES string of the molecule is CC1Cc2ccccc2N1C(=O)c1cc(N(C)Cc2ccccc2)ccn1. The van der Waals surface area contributed by atoms with Gasteiger partial charge in [0.15, 0.2) is 0 Å². The summed E-state index contributed by atoms with van der Waals surface area (Å²) in [6, 6.07) is 22.4. The maximum absolute atomic E-state index is 13.2. The Kier molecular flexibility index (Phi) is 4.63. The molecule has 1 amide bonds. The molecule has 0 aliphatic carbocycles. The Labute approximate surface area is 160 Å². The van der Waals surface area contributed by atoms with Crippen LogP contribution >= 0.6 is 0 Å². The molecule has 2 aromatic carbocycles. The van der Waals surface area contributed by atoms with Crippen LogP contribution in [0, 0.1) is 0 Å². The molecule has 2 heterocycles. The molecule has 27 heavy (non-hydrogen) atoms. The second kappa shape index (κ2) is 7.23. The van der Waals surface area contributed by atoms with E-state index in [2.05, 4.69) is 35.0 Å². The van der Waals surface area contributed by atoms with Gasteiger partial charge >= 0.3 is 0 Å². The third-order valence-corrected chi connectivity index (χ3v) is 5.09. The molecule has 4 nitrogen and oxygen atoms in total. The second-order valence-corrected chi connectivity index (χ2v) is 7.10. The lowest BCUT2D eigenvalue weighted by Gasteiger charge is -2.24. The lowest BCUT2D eigenvalue weighted by Crippen LogP contribution is -2.36. The quantitative estimate of drug-likeness (QED) is 0.698. The Morgan fingerprint density at radius 2 is 1.85 bits per heavy atom. The predicted molar refractivity (Wildman–Crippen MR) is 109 cm³/mol. The molecule has 0 fully saturated rings. The third kappa shape index (κ3) is 3.43. The fourth-order valence-corrected chi connectivity index (χ4v) is 3.72. The molecule has 1 unspecified atom stereocenters. The van der Waals surface area contributed by atoms with E-state index in [9.17, 15) is 4.79 Å². The number of carbonyl (C=O) groups is 1. The van der Waals surface area contributed by atoms with Gasteiger partial charge in [-0.15, -0.1) is 0 Å². The number of carbonyl (C=O) groups excluding carboxylic acids is 1. The largest absolute Gasteiger partial charge is 0.370 e. The highest BCUT2D eigenvalue weighted by Gasteiger charge is 2.31. The summed E-state index contributed by atoms with van der Waals surface area (Å²) in [7, 11) is 2.03. The van der Waals surface area contributed by atoms with Crippen LogP contribution in [-0.4, -0.2) is 24.0 Å². The Morgan fingerprint density at radius 1 is 1.11 bits per heavy atom. The minimum absolute atomic E-state index is 0.0394. The zero-order valence-electron chi connectivity index (χ0n) is 15.7. The monoisotopic (exact) mass is 357 g/mol. The molecule has 1 aliphatic rings. The van der Waals surface area contributed by atoms with Crippen molar-refractivity contribution in [2.75, 3.05) is 16.8 Å². The summed E-state index contributed by atoms with van der Waals surface area (Å²) in [5.74, 6) is -0.0394. The van der Waals surface area contributed by atoms with Gasteiger partial charge in [0.2, 0.25) is 0 Å². The van der Waals surface area contributed by atoms with Gasteiger partial charge in [-0.1, -0.05) is 48.5 Å². The normalized spacial score (nSPS) is 15.5. The van der Waals surface area contributed by atoms with Gasteiger partial charge in [-0.3, -0.25) is 9.78 Å². The van der Waals surface area contributed by atoms with Gasteiger partial charge in [-0.25, -0.2) is 0 Å². The van der Waals surface area contributed by atoms with Gasteiger partial charge in [0, 0.05) is 37.2 Å². The second-order valence-electron chi connectivity index (χ2n) is 7.10. The van der Waals surface area contributed by atoms with Crippen LogP contribution in [0.1, 0.15) is 28.5 Å². The van der Waals surface area contributed by atoms with Crippen LogP contribution in [0.15, 0.2) is 72.9 Å². The fourth-order valence-electron chi connectivity index (χ4n) is 3.72. The summed E-state index contributed by atoms with van der Waals surface area (Å²) >= 11 is 0. The Balaban J connectivity index is 1.58. The summed E-state index contributed by atoms with van der Waals surface area (Å²) in [4.78, 5) is 21.6. The highest BCUT2D eigenvalue weighted by Crippen LogP contribution is 2.33. The van der Waals surface area contributed by atoms with Crippen molar-refractivity contribution in [1.29, 1.82) is 0 Å². The molecule has 0 bridgehead atoms. The number of fused-ring (bicyclic) bond motifs is 1. The highest BCUT2D eigenvalue weighted by atomic mass is 16.2. The van der Waals surface area contributed by atoms with Crippen LogP contribution < -0.4 is 9.80 Å². The summed E-state index contributed by atoms with van der Waals surface area (Å²) in [6.07, 6.45) is 2.60. The Hall–Kier alpha value is -3.14. The van der Waals surface area contributed by atoms with Crippen molar-refractivity contribution >= 4 is 17.3 Å². The zero-order chi connectivity index (χ0) is 18.8. The molecule has 0 N–H and O–H groups in total. The molecule has 0 radical (unpaired) electrons. The fraction of sp³-hybridized carbons (Fsp3) is 0.217. The first-order valence-electron chi connectivity index (χ1n) is 9.26. The topological polar surface area (TPSA) is 36.4 Å². The maximum atomic E-state index is 13.2. The van der Waals surface area contributed by atoms with Gasteiger partial charge in [-0.05, 0) is 42.7 Å². The van der Waals surface area contributed by atoms with Crippen molar-refractivity contribution in [2.24, 2.45) is 0 Å². The van der Waals surface area contributed by atoms with Crippen molar-refractivity contribution in [2.45, 2.75) is 25.9 Å². The predicted octanol–water partition coefficient (Wildman–Crippen LogP) is 4.31. The van der Waals surface area contributed by atoms with Crippen LogP contribution in [0.3, 0.4) is 0 Å². The van der Waals surface area contributed by atoms with E-state index in [0.29, 0.717) is 5.69 Å². The first-order valence-corrected chi connectivity index (χ1v) is 9.26. The number of anilines is 2. The van der Waals surface area contributed by atoms with E-state index >= 15 is 0 Å². The number of rotatable bonds is 4.